The number of allylic oxidation sites excluding steroid dienone is 4. The Kier molecular flexibility index (Phi) is 13.3. The SMILES string of the molecule is CO[C@H]1C=CC=C(C)C(=O)NC2=CC(=O)C(NCCF)=C(C[C@@H](C)C[C@@H](OC)[C@@H](O)[C@@H](C)C=C(C)[C@@H]1OC(N)=O)C2=O. The van der Waals surface area contributed by atoms with Crippen LogP contribution in [0.25, 0.3) is 0 Å². The number of ketones is 2. The van der Waals surface area contributed by atoms with E-state index in [1.165, 1.54) is 33.3 Å². The fraction of sp³-hybridized carbons (Fsp3) is 0.533. The molecule has 2 aliphatic rings. The van der Waals surface area contributed by atoms with Crippen LogP contribution in [0.15, 0.2) is 58.5 Å². The Hall–Kier alpha value is -3.61. The van der Waals surface area contributed by atoms with Crippen molar-refractivity contribution in [1.29, 1.82) is 0 Å². The van der Waals surface area contributed by atoms with Crippen molar-refractivity contribution in [2.24, 2.45) is 17.6 Å². The summed E-state index contributed by atoms with van der Waals surface area (Å²) in [6.45, 7) is 5.92. The van der Waals surface area contributed by atoms with Crippen molar-refractivity contribution in [3.63, 3.8) is 0 Å². The predicted octanol–water partition coefficient (Wildman–Crippen LogP) is 2.32. The average molecular weight is 592 g/mol. The summed E-state index contributed by atoms with van der Waals surface area (Å²) in [6.07, 6.45) is 3.29. The predicted molar refractivity (Wildman–Crippen MR) is 154 cm³/mol. The molecule has 0 fully saturated rings. The minimum absolute atomic E-state index is 0.0175. The number of fused-ring (bicyclic) bond motifs is 2. The van der Waals surface area contributed by atoms with E-state index in [0.29, 0.717) is 12.0 Å². The maximum Gasteiger partial charge on any atom is 0.405 e. The molecule has 1 heterocycles. The lowest BCUT2D eigenvalue weighted by Crippen LogP contribution is -2.38. The van der Waals surface area contributed by atoms with Gasteiger partial charge in [-0.2, -0.15) is 0 Å². The number of carbonyl (C=O) groups is 4. The molecule has 1 aliphatic heterocycles. The summed E-state index contributed by atoms with van der Waals surface area (Å²) in [4.78, 5) is 51.1. The van der Waals surface area contributed by atoms with E-state index in [1.807, 2.05) is 6.92 Å². The molecule has 0 saturated heterocycles. The lowest BCUT2D eigenvalue weighted by atomic mass is 9.85. The number of nitrogens with two attached hydrogens (primary N) is 1. The zero-order chi connectivity index (χ0) is 31.6. The minimum atomic E-state index is -1.02. The molecule has 0 spiro atoms. The van der Waals surface area contributed by atoms with E-state index in [1.54, 1.807) is 26.0 Å². The number of hydrogen-bond donors (Lipinski definition) is 4. The number of aliphatic hydroxyl groups excluding tert-OH is 1. The first-order chi connectivity index (χ1) is 19.8. The standard InChI is InChI=1S/C30H42FN3O8/c1-16-12-20-25(33-11-10-31)22(35)15-21(27(20)37)34-29(38)17(2)8-7-9-23(40-5)28(42-30(32)39)19(4)14-18(3)26(36)24(13-16)41-6/h7-9,14-16,18,23-24,26,28,33,36H,10-13H2,1-6H3,(H2,32,39)(H,34,38)/t16-,18+,23+,24-,26+,28+/m1/s1. The van der Waals surface area contributed by atoms with E-state index < -0.39 is 60.6 Å². The summed E-state index contributed by atoms with van der Waals surface area (Å²) in [5, 5.41) is 16.4. The van der Waals surface area contributed by atoms with Crippen molar-refractivity contribution in [3.8, 4) is 0 Å². The van der Waals surface area contributed by atoms with Gasteiger partial charge in [0.1, 0.15) is 12.8 Å². The number of rotatable bonds is 6. The quantitative estimate of drug-likeness (QED) is 0.268. The van der Waals surface area contributed by atoms with Crippen LogP contribution in [-0.2, 0) is 28.6 Å². The second kappa shape index (κ2) is 16.1. The van der Waals surface area contributed by atoms with Crippen LogP contribution < -0.4 is 16.4 Å². The van der Waals surface area contributed by atoms with Gasteiger partial charge in [0.15, 0.2) is 6.10 Å². The van der Waals surface area contributed by atoms with Crippen molar-refractivity contribution < 1.29 is 42.9 Å². The van der Waals surface area contributed by atoms with Gasteiger partial charge >= 0.3 is 6.09 Å². The highest BCUT2D eigenvalue weighted by molar-refractivity contribution is 6.23. The number of nitrogens with one attached hydrogen (secondary N) is 2. The molecular formula is C30H42FN3O8. The van der Waals surface area contributed by atoms with Gasteiger partial charge in [0.2, 0.25) is 11.6 Å². The number of carbonyl (C=O) groups excluding carboxylic acids is 4. The highest BCUT2D eigenvalue weighted by Gasteiger charge is 2.33. The van der Waals surface area contributed by atoms with Gasteiger partial charge in [-0.05, 0) is 38.2 Å². The van der Waals surface area contributed by atoms with Gasteiger partial charge in [0.05, 0.1) is 23.6 Å². The summed E-state index contributed by atoms with van der Waals surface area (Å²) >= 11 is 0. The second-order valence-corrected chi connectivity index (χ2v) is 10.5. The molecule has 1 aliphatic carbocycles. The number of alkyl halides is 1. The van der Waals surface area contributed by atoms with E-state index in [4.69, 9.17) is 19.9 Å². The molecule has 0 aromatic carbocycles. The molecule has 0 aromatic rings. The van der Waals surface area contributed by atoms with Crippen molar-refractivity contribution in [3.05, 3.63) is 58.5 Å². The first-order valence-corrected chi connectivity index (χ1v) is 13.7. The smallest absolute Gasteiger partial charge is 0.405 e. The molecular weight excluding hydrogens is 549 g/mol. The number of hydrogen-bond acceptors (Lipinski definition) is 9. The Morgan fingerprint density at radius 2 is 1.88 bits per heavy atom. The molecule has 2 rings (SSSR count). The Balaban J connectivity index is 2.61. The number of amides is 2. The molecule has 5 N–H and O–H groups in total. The maximum absolute atomic E-state index is 13.5. The molecule has 2 bridgehead atoms. The fourth-order valence-corrected chi connectivity index (χ4v) is 4.95. The van der Waals surface area contributed by atoms with Gasteiger partial charge in [-0.3, -0.25) is 14.4 Å². The molecule has 11 nitrogen and oxygen atoms in total. The van der Waals surface area contributed by atoms with Gasteiger partial charge in [0, 0.05) is 43.9 Å². The molecule has 0 saturated carbocycles. The third kappa shape index (κ3) is 9.20. The maximum atomic E-state index is 13.5. The van der Waals surface area contributed by atoms with Gasteiger partial charge < -0.3 is 35.7 Å². The van der Waals surface area contributed by atoms with E-state index >= 15 is 0 Å². The van der Waals surface area contributed by atoms with Crippen LogP contribution in [0.5, 0.6) is 0 Å². The number of primary amides is 1. The van der Waals surface area contributed by atoms with Crippen molar-refractivity contribution in [2.75, 3.05) is 27.4 Å². The van der Waals surface area contributed by atoms with E-state index in [9.17, 15) is 28.7 Å². The summed E-state index contributed by atoms with van der Waals surface area (Å²) in [7, 11) is 2.87. The fourth-order valence-electron chi connectivity index (χ4n) is 4.95. The first-order valence-electron chi connectivity index (χ1n) is 13.7. The van der Waals surface area contributed by atoms with E-state index in [2.05, 4.69) is 10.6 Å². The summed E-state index contributed by atoms with van der Waals surface area (Å²) in [5.41, 5.74) is 5.99. The van der Waals surface area contributed by atoms with Gasteiger partial charge in [-0.15, -0.1) is 0 Å². The van der Waals surface area contributed by atoms with Gasteiger partial charge in [-0.1, -0.05) is 38.2 Å². The number of methoxy groups -OCH3 is 2. The zero-order valence-corrected chi connectivity index (χ0v) is 24.9. The summed E-state index contributed by atoms with van der Waals surface area (Å²) in [5.74, 6) is -2.49. The van der Waals surface area contributed by atoms with Crippen molar-refractivity contribution in [1.82, 2.24) is 10.6 Å². The van der Waals surface area contributed by atoms with Crippen LogP contribution in [0, 0.1) is 11.8 Å². The normalized spacial score (nSPS) is 28.5. The lowest BCUT2D eigenvalue weighted by molar-refractivity contribution is -0.120. The highest BCUT2D eigenvalue weighted by Crippen LogP contribution is 2.28. The largest absolute Gasteiger partial charge is 0.439 e. The average Bonchev–Trinajstić information content (AvgIpc) is 2.94. The van der Waals surface area contributed by atoms with Crippen molar-refractivity contribution >= 4 is 23.6 Å². The first kappa shape index (κ1) is 34.6. The monoisotopic (exact) mass is 591 g/mol. The number of aliphatic hydroxyl groups is 1. The molecule has 2 amide bonds. The van der Waals surface area contributed by atoms with Crippen LogP contribution in [-0.4, -0.2) is 80.5 Å². The van der Waals surface area contributed by atoms with Crippen LogP contribution >= 0.6 is 0 Å². The molecule has 0 unspecified atom stereocenters. The Labute approximate surface area is 245 Å². The van der Waals surface area contributed by atoms with Crippen molar-refractivity contribution in [2.45, 2.75) is 65.0 Å². The van der Waals surface area contributed by atoms with Crippen LogP contribution in [0.3, 0.4) is 0 Å². The Bertz CT molecular complexity index is 1190. The topological polar surface area (TPSA) is 166 Å². The van der Waals surface area contributed by atoms with Crippen LogP contribution in [0.4, 0.5) is 9.18 Å². The van der Waals surface area contributed by atoms with Gasteiger partial charge in [-0.25, -0.2) is 9.18 Å². The molecule has 42 heavy (non-hydrogen) atoms. The second-order valence-electron chi connectivity index (χ2n) is 10.5. The van der Waals surface area contributed by atoms with E-state index in [0.717, 1.165) is 6.08 Å². The van der Waals surface area contributed by atoms with E-state index in [-0.39, 0.29) is 41.4 Å². The third-order valence-corrected chi connectivity index (χ3v) is 7.19. The summed E-state index contributed by atoms with van der Waals surface area (Å²) < 4.78 is 29.4. The molecule has 0 aromatic heterocycles. The summed E-state index contributed by atoms with van der Waals surface area (Å²) in [6, 6.07) is 0. The van der Waals surface area contributed by atoms with Crippen LogP contribution in [0.2, 0.25) is 0 Å². The molecule has 232 valence electrons. The number of ether oxygens (including phenoxy) is 3. The molecule has 0 radical (unpaired) electrons. The third-order valence-electron chi connectivity index (χ3n) is 7.19. The zero-order valence-electron chi connectivity index (χ0n) is 24.9. The molecule has 12 heteroatoms. The van der Waals surface area contributed by atoms with Crippen LogP contribution in [0.1, 0.15) is 40.5 Å². The Morgan fingerprint density at radius 3 is 2.48 bits per heavy atom. The van der Waals surface area contributed by atoms with Gasteiger partial charge in [0.25, 0.3) is 5.91 Å². The number of halogens is 1. The highest BCUT2D eigenvalue weighted by atomic mass is 19.1. The Morgan fingerprint density at radius 1 is 1.19 bits per heavy atom. The minimum Gasteiger partial charge on any atom is -0.439 e. The molecule has 6 atom stereocenters. The lowest BCUT2D eigenvalue weighted by Gasteiger charge is -2.30. The number of Topliss-reactive ketones (excluding diaryl/α,β-unsaturated/α-hetero) is 1.